The summed E-state index contributed by atoms with van der Waals surface area (Å²) in [6.07, 6.45) is 0. The van der Waals surface area contributed by atoms with E-state index >= 15 is 0 Å². The van der Waals surface area contributed by atoms with Crippen molar-refractivity contribution < 1.29 is 28.3 Å². The molecule has 0 fully saturated rings. The quantitative estimate of drug-likeness (QED) is 0.626. The molecule has 0 saturated heterocycles. The first-order valence-electron chi connectivity index (χ1n) is 7.69. The van der Waals surface area contributed by atoms with E-state index in [4.69, 9.17) is 14.2 Å². The van der Waals surface area contributed by atoms with Crippen molar-refractivity contribution in [1.82, 2.24) is 5.32 Å². The summed E-state index contributed by atoms with van der Waals surface area (Å²) in [6.45, 7) is 1.43. The highest BCUT2D eigenvalue weighted by Crippen LogP contribution is 2.34. The van der Waals surface area contributed by atoms with E-state index in [0.29, 0.717) is 11.5 Å². The van der Waals surface area contributed by atoms with Crippen LogP contribution in [0.3, 0.4) is 0 Å². The van der Waals surface area contributed by atoms with Gasteiger partial charge in [0.15, 0.2) is 18.1 Å². The normalized spacial score (nSPS) is 13.2. The van der Waals surface area contributed by atoms with Crippen molar-refractivity contribution in [2.45, 2.75) is 13.0 Å². The third-order valence-corrected chi connectivity index (χ3v) is 3.75. The van der Waals surface area contributed by atoms with Gasteiger partial charge in [-0.3, -0.25) is 14.9 Å². The van der Waals surface area contributed by atoms with Gasteiger partial charge in [-0.2, -0.15) is 0 Å². The summed E-state index contributed by atoms with van der Waals surface area (Å²) in [4.78, 5) is 22.3. The lowest BCUT2D eigenvalue weighted by Gasteiger charge is -2.15. The zero-order valence-electron chi connectivity index (χ0n) is 13.7. The number of halogens is 1. The highest BCUT2D eigenvalue weighted by molar-refractivity contribution is 5.78. The van der Waals surface area contributed by atoms with E-state index in [1.54, 1.807) is 25.1 Å². The van der Waals surface area contributed by atoms with Gasteiger partial charge in [-0.1, -0.05) is 6.07 Å². The summed E-state index contributed by atoms with van der Waals surface area (Å²) in [5, 5.41) is 13.6. The number of hydrogen-bond acceptors (Lipinski definition) is 6. The Balaban J connectivity index is 1.61. The van der Waals surface area contributed by atoms with E-state index in [1.165, 1.54) is 0 Å². The molecule has 26 heavy (non-hydrogen) atoms. The van der Waals surface area contributed by atoms with Gasteiger partial charge in [0.25, 0.3) is 5.91 Å². The maximum Gasteiger partial charge on any atom is 0.311 e. The average Bonchev–Trinajstić information content (AvgIpc) is 3.07. The van der Waals surface area contributed by atoms with E-state index in [1.807, 2.05) is 0 Å². The second-order valence-corrected chi connectivity index (χ2v) is 5.56. The highest BCUT2D eigenvalue weighted by Gasteiger charge is 2.19. The van der Waals surface area contributed by atoms with Crippen LogP contribution in [0.4, 0.5) is 10.1 Å². The Morgan fingerprint density at radius 1 is 1.31 bits per heavy atom. The van der Waals surface area contributed by atoms with Crippen LogP contribution in [0.25, 0.3) is 0 Å². The standard InChI is InChI=1S/C17H15FN2O6/c1-10(11-2-5-14-16(6-11)26-9-25-14)19-17(21)8-24-15-7-12(18)3-4-13(15)20(22)23/h2-7,10H,8-9H2,1H3,(H,19,21)/t10-/m0/s1. The summed E-state index contributed by atoms with van der Waals surface area (Å²) < 4.78 is 28.9. The van der Waals surface area contributed by atoms with Gasteiger partial charge in [-0.05, 0) is 30.7 Å². The molecule has 3 rings (SSSR count). The number of amides is 1. The number of carbonyl (C=O) groups is 1. The molecule has 8 nitrogen and oxygen atoms in total. The third-order valence-electron chi connectivity index (χ3n) is 3.75. The average molecular weight is 362 g/mol. The summed E-state index contributed by atoms with van der Waals surface area (Å²) in [6, 6.07) is 7.73. The smallest absolute Gasteiger partial charge is 0.311 e. The van der Waals surface area contributed by atoms with Crippen LogP contribution in [0.5, 0.6) is 17.2 Å². The molecule has 1 aliphatic rings. The van der Waals surface area contributed by atoms with Gasteiger partial charge in [0, 0.05) is 12.1 Å². The van der Waals surface area contributed by atoms with E-state index in [-0.39, 0.29) is 18.6 Å². The third kappa shape index (κ3) is 3.82. The Labute approximate surface area is 147 Å². The molecule has 0 saturated carbocycles. The van der Waals surface area contributed by atoms with Crippen molar-refractivity contribution in [2.24, 2.45) is 0 Å². The first kappa shape index (κ1) is 17.5. The number of fused-ring (bicyclic) bond motifs is 1. The summed E-state index contributed by atoms with van der Waals surface area (Å²) in [5.41, 5.74) is 0.377. The number of carbonyl (C=O) groups excluding carboxylic acids is 1. The number of hydrogen-bond donors (Lipinski definition) is 1. The van der Waals surface area contributed by atoms with Crippen LogP contribution in [-0.4, -0.2) is 24.2 Å². The minimum atomic E-state index is -0.706. The van der Waals surface area contributed by atoms with Gasteiger partial charge in [-0.25, -0.2) is 4.39 Å². The van der Waals surface area contributed by atoms with Gasteiger partial charge < -0.3 is 19.5 Å². The van der Waals surface area contributed by atoms with Crippen LogP contribution in [0.15, 0.2) is 36.4 Å². The zero-order chi connectivity index (χ0) is 18.7. The Bertz CT molecular complexity index is 857. The Morgan fingerprint density at radius 2 is 2.08 bits per heavy atom. The predicted octanol–water partition coefficient (Wildman–Crippen LogP) is 2.72. The fourth-order valence-electron chi connectivity index (χ4n) is 2.45. The minimum Gasteiger partial charge on any atom is -0.477 e. The van der Waals surface area contributed by atoms with Crippen LogP contribution in [0, 0.1) is 15.9 Å². The SMILES string of the molecule is C[C@H](NC(=O)COc1cc(F)ccc1[N+](=O)[O-])c1ccc2c(c1)OCO2. The second-order valence-electron chi connectivity index (χ2n) is 5.56. The number of ether oxygens (including phenoxy) is 3. The number of nitro benzene ring substituents is 1. The largest absolute Gasteiger partial charge is 0.477 e. The van der Waals surface area contributed by atoms with Crippen molar-refractivity contribution in [2.75, 3.05) is 13.4 Å². The lowest BCUT2D eigenvalue weighted by Crippen LogP contribution is -2.31. The fraction of sp³-hybridized carbons (Fsp3) is 0.235. The van der Waals surface area contributed by atoms with Crippen LogP contribution < -0.4 is 19.5 Å². The zero-order valence-corrected chi connectivity index (χ0v) is 13.7. The molecule has 136 valence electrons. The molecule has 1 amide bonds. The molecule has 0 unspecified atom stereocenters. The Kier molecular flexibility index (Phi) is 4.87. The van der Waals surface area contributed by atoms with Crippen molar-refractivity contribution in [3.63, 3.8) is 0 Å². The number of nitro groups is 1. The highest BCUT2D eigenvalue weighted by atomic mass is 19.1. The first-order chi connectivity index (χ1) is 12.4. The molecule has 9 heteroatoms. The van der Waals surface area contributed by atoms with Crippen LogP contribution in [0.2, 0.25) is 0 Å². The molecule has 2 aromatic rings. The van der Waals surface area contributed by atoms with Gasteiger partial charge in [-0.15, -0.1) is 0 Å². The molecular formula is C17H15FN2O6. The van der Waals surface area contributed by atoms with E-state index < -0.39 is 28.9 Å². The summed E-state index contributed by atoms with van der Waals surface area (Å²) >= 11 is 0. The lowest BCUT2D eigenvalue weighted by molar-refractivity contribution is -0.385. The number of nitrogens with one attached hydrogen (secondary N) is 1. The molecule has 0 spiro atoms. The summed E-state index contributed by atoms with van der Waals surface area (Å²) in [7, 11) is 0. The van der Waals surface area contributed by atoms with Gasteiger partial charge >= 0.3 is 5.69 Å². The fourth-order valence-corrected chi connectivity index (χ4v) is 2.45. The van der Waals surface area contributed by atoms with Crippen molar-refractivity contribution in [1.29, 1.82) is 0 Å². The van der Waals surface area contributed by atoms with Gasteiger partial charge in [0.1, 0.15) is 5.82 Å². The van der Waals surface area contributed by atoms with Gasteiger partial charge in [0.05, 0.1) is 11.0 Å². The monoisotopic (exact) mass is 362 g/mol. The maximum atomic E-state index is 13.3. The van der Waals surface area contributed by atoms with Gasteiger partial charge in [0.2, 0.25) is 12.5 Å². The predicted molar refractivity (Wildman–Crippen MR) is 87.7 cm³/mol. The van der Waals surface area contributed by atoms with E-state index in [0.717, 1.165) is 23.8 Å². The van der Waals surface area contributed by atoms with Crippen LogP contribution >= 0.6 is 0 Å². The van der Waals surface area contributed by atoms with Crippen LogP contribution in [-0.2, 0) is 4.79 Å². The molecular weight excluding hydrogens is 347 g/mol. The molecule has 0 bridgehead atoms. The molecule has 1 aliphatic heterocycles. The summed E-state index contributed by atoms with van der Waals surface area (Å²) in [5.74, 6) is -0.279. The number of nitrogens with zero attached hydrogens (tertiary/aromatic N) is 1. The lowest BCUT2D eigenvalue weighted by atomic mass is 10.1. The molecule has 0 aliphatic carbocycles. The van der Waals surface area contributed by atoms with Crippen molar-refractivity contribution in [3.05, 3.63) is 57.9 Å². The maximum absolute atomic E-state index is 13.3. The van der Waals surface area contributed by atoms with E-state index in [2.05, 4.69) is 5.32 Å². The topological polar surface area (TPSA) is 99.9 Å². The Hall–Kier alpha value is -3.36. The minimum absolute atomic E-state index is 0.153. The van der Waals surface area contributed by atoms with Crippen LogP contribution in [0.1, 0.15) is 18.5 Å². The van der Waals surface area contributed by atoms with E-state index in [9.17, 15) is 19.3 Å². The molecule has 0 radical (unpaired) electrons. The first-order valence-corrected chi connectivity index (χ1v) is 7.69. The molecule has 0 aromatic heterocycles. The molecule has 2 aromatic carbocycles. The number of benzene rings is 2. The van der Waals surface area contributed by atoms with Crippen molar-refractivity contribution in [3.8, 4) is 17.2 Å². The molecule has 1 N–H and O–H groups in total. The molecule has 1 heterocycles. The Morgan fingerprint density at radius 3 is 2.85 bits per heavy atom. The number of rotatable bonds is 6. The molecule has 1 atom stereocenters. The second kappa shape index (κ2) is 7.26. The van der Waals surface area contributed by atoms with Crippen molar-refractivity contribution >= 4 is 11.6 Å².